The Balaban J connectivity index is 1.94. The second kappa shape index (κ2) is 8.87. The van der Waals surface area contributed by atoms with E-state index in [-0.39, 0.29) is 5.91 Å². The van der Waals surface area contributed by atoms with Crippen LogP contribution < -0.4 is 9.62 Å². The van der Waals surface area contributed by atoms with Gasteiger partial charge in [0.05, 0.1) is 11.9 Å². The maximum atomic E-state index is 12.4. The van der Waals surface area contributed by atoms with Gasteiger partial charge in [-0.1, -0.05) is 11.6 Å². The smallest absolute Gasteiger partial charge is 0.243 e. The molecule has 140 valence electrons. The largest absolute Gasteiger partial charge is 0.354 e. The van der Waals surface area contributed by atoms with Crippen LogP contribution >= 0.6 is 11.6 Å². The van der Waals surface area contributed by atoms with Crippen molar-refractivity contribution in [3.63, 3.8) is 0 Å². The molecule has 6 nitrogen and oxygen atoms in total. The molecular weight excluding hydrogens is 362 g/mol. The van der Waals surface area contributed by atoms with Crippen LogP contribution in [0.4, 0.5) is 5.69 Å². The second-order valence-electron chi connectivity index (χ2n) is 6.40. The third kappa shape index (κ3) is 5.87. The van der Waals surface area contributed by atoms with Crippen molar-refractivity contribution in [2.75, 3.05) is 36.7 Å². The van der Waals surface area contributed by atoms with Gasteiger partial charge in [0.2, 0.25) is 15.9 Å². The van der Waals surface area contributed by atoms with Crippen molar-refractivity contribution in [1.82, 2.24) is 10.2 Å². The lowest BCUT2D eigenvalue weighted by Gasteiger charge is -2.28. The number of carbonyl (C=O) groups is 1. The van der Waals surface area contributed by atoms with E-state index in [9.17, 15) is 13.2 Å². The number of rotatable bonds is 8. The molecule has 1 aromatic rings. The lowest BCUT2D eigenvalue weighted by atomic mass is 10.2. The molecule has 0 radical (unpaired) electrons. The van der Waals surface area contributed by atoms with E-state index in [2.05, 4.69) is 10.2 Å². The normalized spacial score (nSPS) is 16.6. The number of nitrogens with one attached hydrogen (secondary N) is 1. The topological polar surface area (TPSA) is 69.7 Å². The molecule has 1 N–H and O–H groups in total. The van der Waals surface area contributed by atoms with Crippen LogP contribution in [0, 0.1) is 0 Å². The summed E-state index contributed by atoms with van der Waals surface area (Å²) in [4.78, 5) is 14.8. The van der Waals surface area contributed by atoms with Crippen molar-refractivity contribution < 1.29 is 13.2 Å². The Hall–Kier alpha value is -1.31. The molecule has 1 atom stereocenters. The van der Waals surface area contributed by atoms with Gasteiger partial charge in [0.15, 0.2) is 0 Å². The van der Waals surface area contributed by atoms with E-state index in [1.807, 2.05) is 0 Å². The third-order valence-electron chi connectivity index (χ3n) is 4.32. The number of hydrogen-bond acceptors (Lipinski definition) is 4. The molecule has 0 spiro atoms. The van der Waals surface area contributed by atoms with Crippen LogP contribution in [0.2, 0.25) is 5.02 Å². The minimum Gasteiger partial charge on any atom is -0.354 e. The van der Waals surface area contributed by atoms with Gasteiger partial charge in [-0.15, -0.1) is 0 Å². The summed E-state index contributed by atoms with van der Waals surface area (Å²) in [5.74, 6) is -0.304. The van der Waals surface area contributed by atoms with E-state index in [0.29, 0.717) is 17.3 Å². The van der Waals surface area contributed by atoms with Crippen LogP contribution in [0.25, 0.3) is 0 Å². The lowest BCUT2D eigenvalue weighted by Crippen LogP contribution is -2.48. The minimum atomic E-state index is -3.60. The van der Waals surface area contributed by atoms with Crippen LogP contribution in [-0.4, -0.2) is 57.7 Å². The third-order valence-corrected chi connectivity index (χ3v) is 5.81. The van der Waals surface area contributed by atoms with Crippen molar-refractivity contribution in [2.24, 2.45) is 0 Å². The zero-order chi connectivity index (χ0) is 18.4. The summed E-state index contributed by atoms with van der Waals surface area (Å²) in [7, 11) is -3.60. The molecule has 25 heavy (non-hydrogen) atoms. The van der Waals surface area contributed by atoms with Gasteiger partial charge in [0.25, 0.3) is 0 Å². The van der Waals surface area contributed by atoms with Crippen LogP contribution in [0.5, 0.6) is 0 Å². The number of nitrogens with zero attached hydrogens (tertiary/aromatic N) is 2. The van der Waals surface area contributed by atoms with Gasteiger partial charge in [-0.3, -0.25) is 9.10 Å². The van der Waals surface area contributed by atoms with Crippen LogP contribution in [0.3, 0.4) is 0 Å². The zero-order valence-corrected chi connectivity index (χ0v) is 16.3. The molecule has 0 aromatic heterocycles. The predicted octanol–water partition coefficient (Wildman–Crippen LogP) is 2.10. The molecule has 0 aliphatic carbocycles. The average Bonchev–Trinajstić information content (AvgIpc) is 3.05. The van der Waals surface area contributed by atoms with Crippen LogP contribution in [0.1, 0.15) is 26.2 Å². The Kier molecular flexibility index (Phi) is 7.10. The fourth-order valence-electron chi connectivity index (χ4n) is 3.06. The molecular formula is C17H26ClN3O3S. The predicted molar refractivity (Wildman–Crippen MR) is 102 cm³/mol. The van der Waals surface area contributed by atoms with Gasteiger partial charge in [0, 0.05) is 11.6 Å². The van der Waals surface area contributed by atoms with Gasteiger partial charge >= 0.3 is 0 Å². The molecule has 0 unspecified atom stereocenters. The maximum absolute atomic E-state index is 12.4. The molecule has 0 bridgehead atoms. The lowest BCUT2D eigenvalue weighted by molar-refractivity contribution is -0.121. The number of sulfonamides is 1. The Bertz CT molecular complexity index is 673. The standard InChI is InChI=1S/C17H26ClN3O3S/c1-14(17(22)19-10-5-13-20-11-3-4-12-20)21(25(2,23)24)16-8-6-15(18)7-9-16/h6-9,14H,3-5,10-13H2,1-2H3,(H,19,22)/t14-/m0/s1. The Morgan fingerprint density at radius 1 is 1.28 bits per heavy atom. The van der Waals surface area contributed by atoms with E-state index in [0.717, 1.165) is 36.6 Å². The average molecular weight is 388 g/mol. The quantitative estimate of drug-likeness (QED) is 0.693. The fourth-order valence-corrected chi connectivity index (χ4v) is 4.37. The monoisotopic (exact) mass is 387 g/mol. The van der Waals surface area contributed by atoms with E-state index in [1.54, 1.807) is 31.2 Å². The highest BCUT2D eigenvalue weighted by Crippen LogP contribution is 2.23. The second-order valence-corrected chi connectivity index (χ2v) is 8.70. The number of anilines is 1. The molecule has 1 saturated heterocycles. The zero-order valence-electron chi connectivity index (χ0n) is 14.7. The summed E-state index contributed by atoms with van der Waals surface area (Å²) in [6.07, 6.45) is 4.44. The minimum absolute atomic E-state index is 0.304. The van der Waals surface area contributed by atoms with E-state index in [1.165, 1.54) is 12.8 Å². The first-order valence-electron chi connectivity index (χ1n) is 8.54. The molecule has 1 aliphatic heterocycles. The van der Waals surface area contributed by atoms with Gasteiger partial charge in [-0.25, -0.2) is 8.42 Å². The van der Waals surface area contributed by atoms with E-state index >= 15 is 0 Å². The van der Waals surface area contributed by atoms with Crippen molar-refractivity contribution in [3.05, 3.63) is 29.3 Å². The number of amides is 1. The highest BCUT2D eigenvalue weighted by Gasteiger charge is 2.28. The van der Waals surface area contributed by atoms with Gasteiger partial charge in [-0.2, -0.15) is 0 Å². The summed E-state index contributed by atoms with van der Waals surface area (Å²) in [6, 6.07) is 5.58. The molecule has 1 aliphatic rings. The van der Waals surface area contributed by atoms with Gasteiger partial charge in [-0.05, 0) is 70.1 Å². The van der Waals surface area contributed by atoms with Gasteiger partial charge in [0.1, 0.15) is 6.04 Å². The number of benzene rings is 1. The molecule has 8 heteroatoms. The van der Waals surface area contributed by atoms with Crippen LogP contribution in [0.15, 0.2) is 24.3 Å². The summed E-state index contributed by atoms with van der Waals surface area (Å²) < 4.78 is 25.5. The summed E-state index contributed by atoms with van der Waals surface area (Å²) in [6.45, 7) is 5.34. The summed E-state index contributed by atoms with van der Waals surface area (Å²) in [5, 5.41) is 3.35. The summed E-state index contributed by atoms with van der Waals surface area (Å²) >= 11 is 5.86. The Morgan fingerprint density at radius 3 is 2.44 bits per heavy atom. The molecule has 1 heterocycles. The molecule has 1 amide bonds. The molecule has 1 aromatic carbocycles. The number of likely N-dealkylation sites (tertiary alicyclic amines) is 1. The Labute approximate surface area is 155 Å². The molecule has 2 rings (SSSR count). The highest BCUT2D eigenvalue weighted by atomic mass is 35.5. The van der Waals surface area contributed by atoms with Crippen molar-refractivity contribution in [1.29, 1.82) is 0 Å². The first-order chi connectivity index (χ1) is 11.8. The number of hydrogen-bond donors (Lipinski definition) is 1. The van der Waals surface area contributed by atoms with E-state index < -0.39 is 16.1 Å². The SMILES string of the molecule is C[C@@H](C(=O)NCCCN1CCCC1)N(c1ccc(Cl)cc1)S(C)(=O)=O. The van der Waals surface area contributed by atoms with Crippen LogP contribution in [-0.2, 0) is 14.8 Å². The summed E-state index contributed by atoms with van der Waals surface area (Å²) in [5.41, 5.74) is 0.423. The van der Waals surface area contributed by atoms with Crippen molar-refractivity contribution >= 4 is 33.2 Å². The fraction of sp³-hybridized carbons (Fsp3) is 0.588. The first-order valence-corrected chi connectivity index (χ1v) is 10.8. The molecule has 0 saturated carbocycles. The Morgan fingerprint density at radius 2 is 1.88 bits per heavy atom. The first kappa shape index (κ1) is 20.0. The number of carbonyl (C=O) groups excluding carboxylic acids is 1. The van der Waals surface area contributed by atoms with Crippen molar-refractivity contribution in [3.8, 4) is 0 Å². The molecule has 1 fully saturated rings. The van der Waals surface area contributed by atoms with Crippen molar-refractivity contribution in [2.45, 2.75) is 32.2 Å². The number of halogens is 1. The highest BCUT2D eigenvalue weighted by molar-refractivity contribution is 7.92. The van der Waals surface area contributed by atoms with Gasteiger partial charge < -0.3 is 10.2 Å². The van der Waals surface area contributed by atoms with E-state index in [4.69, 9.17) is 11.6 Å². The maximum Gasteiger partial charge on any atom is 0.243 e.